The Morgan fingerprint density at radius 2 is 2.06 bits per heavy atom. The summed E-state index contributed by atoms with van der Waals surface area (Å²) < 4.78 is 0. The molecule has 2 aliphatic rings. The maximum atomic E-state index is 12.5. The van der Waals surface area contributed by atoms with Crippen LogP contribution in [-0.2, 0) is 4.79 Å². The fraction of sp³-hybridized carbons (Fsp3) is 0.929. The predicted octanol–water partition coefficient (Wildman–Crippen LogP) is 2.31. The molecule has 17 heavy (non-hydrogen) atoms. The van der Waals surface area contributed by atoms with Crippen LogP contribution in [0, 0.1) is 0 Å². The molecule has 1 unspecified atom stereocenters. The highest BCUT2D eigenvalue weighted by Crippen LogP contribution is 2.23. The van der Waals surface area contributed by atoms with Crippen LogP contribution in [0.2, 0.25) is 0 Å². The van der Waals surface area contributed by atoms with Crippen molar-refractivity contribution < 1.29 is 4.79 Å². The molecular formula is C14H26N2O. The molecule has 2 heterocycles. The summed E-state index contributed by atoms with van der Waals surface area (Å²) in [6, 6.07) is 0.631. The maximum Gasteiger partial charge on any atom is 0.239 e. The molecule has 0 aromatic rings. The molecule has 0 bridgehead atoms. The van der Waals surface area contributed by atoms with Crippen molar-refractivity contribution in [1.29, 1.82) is 0 Å². The lowest BCUT2D eigenvalue weighted by Crippen LogP contribution is -2.53. The first-order valence-electron chi connectivity index (χ1n) is 7.36. The molecule has 0 aliphatic carbocycles. The van der Waals surface area contributed by atoms with E-state index in [9.17, 15) is 4.79 Å². The van der Waals surface area contributed by atoms with Gasteiger partial charge in [-0.2, -0.15) is 0 Å². The zero-order valence-electron chi connectivity index (χ0n) is 11.1. The number of likely N-dealkylation sites (tertiary alicyclic amines) is 1. The third-order valence-corrected chi connectivity index (χ3v) is 4.14. The van der Waals surface area contributed by atoms with Gasteiger partial charge in [0.2, 0.25) is 5.91 Å². The van der Waals surface area contributed by atoms with Crippen LogP contribution in [0.1, 0.15) is 58.3 Å². The zero-order valence-corrected chi connectivity index (χ0v) is 11.1. The molecule has 3 nitrogen and oxygen atoms in total. The van der Waals surface area contributed by atoms with Gasteiger partial charge in [-0.25, -0.2) is 0 Å². The predicted molar refractivity (Wildman–Crippen MR) is 69.9 cm³/mol. The molecule has 0 radical (unpaired) electrons. The number of hydrogen-bond donors (Lipinski definition) is 1. The van der Waals surface area contributed by atoms with E-state index in [1.165, 1.54) is 44.9 Å². The number of nitrogens with one attached hydrogen (secondary N) is 1. The van der Waals surface area contributed by atoms with Gasteiger partial charge in [0.15, 0.2) is 0 Å². The van der Waals surface area contributed by atoms with Gasteiger partial charge in [0, 0.05) is 12.6 Å². The Morgan fingerprint density at radius 3 is 2.76 bits per heavy atom. The molecule has 1 N–H and O–H groups in total. The van der Waals surface area contributed by atoms with Crippen LogP contribution in [0.25, 0.3) is 0 Å². The summed E-state index contributed by atoms with van der Waals surface area (Å²) in [6.07, 6.45) is 9.54. The normalized spacial score (nSPS) is 30.3. The monoisotopic (exact) mass is 238 g/mol. The fourth-order valence-electron chi connectivity index (χ4n) is 3.19. The maximum absolute atomic E-state index is 12.5. The van der Waals surface area contributed by atoms with E-state index in [0.717, 1.165) is 19.5 Å². The molecule has 0 aromatic heterocycles. The van der Waals surface area contributed by atoms with Gasteiger partial charge < -0.3 is 10.2 Å². The molecule has 1 amide bonds. The Labute approximate surface area is 105 Å². The molecule has 0 aromatic carbocycles. The summed E-state index contributed by atoms with van der Waals surface area (Å²) in [6.45, 7) is 4.22. The minimum Gasteiger partial charge on any atom is -0.338 e. The molecule has 2 fully saturated rings. The highest BCUT2D eigenvalue weighted by molar-refractivity contribution is 5.82. The number of amides is 1. The Morgan fingerprint density at radius 1 is 1.24 bits per heavy atom. The summed E-state index contributed by atoms with van der Waals surface area (Å²) >= 11 is 0. The second-order valence-electron chi connectivity index (χ2n) is 5.47. The van der Waals surface area contributed by atoms with Crippen molar-refractivity contribution in [3.05, 3.63) is 0 Å². The molecule has 2 aliphatic heterocycles. The topological polar surface area (TPSA) is 32.3 Å². The first kappa shape index (κ1) is 12.9. The van der Waals surface area contributed by atoms with Gasteiger partial charge in [0.05, 0.1) is 6.04 Å². The second-order valence-corrected chi connectivity index (χ2v) is 5.47. The highest BCUT2D eigenvalue weighted by atomic mass is 16.2. The lowest BCUT2D eigenvalue weighted by Gasteiger charge is -2.39. The van der Waals surface area contributed by atoms with Crippen molar-refractivity contribution in [1.82, 2.24) is 10.2 Å². The number of rotatable bonds is 3. The van der Waals surface area contributed by atoms with Gasteiger partial charge in [-0.1, -0.05) is 19.8 Å². The van der Waals surface area contributed by atoms with Crippen molar-refractivity contribution in [3.8, 4) is 0 Å². The van der Waals surface area contributed by atoms with Crippen LogP contribution >= 0.6 is 0 Å². The van der Waals surface area contributed by atoms with E-state index in [0.29, 0.717) is 11.9 Å². The minimum atomic E-state index is 0.112. The Kier molecular flexibility index (Phi) is 4.84. The summed E-state index contributed by atoms with van der Waals surface area (Å²) in [7, 11) is 0. The van der Waals surface area contributed by atoms with E-state index >= 15 is 0 Å². The molecule has 2 atom stereocenters. The van der Waals surface area contributed by atoms with Gasteiger partial charge >= 0.3 is 0 Å². The lowest BCUT2D eigenvalue weighted by molar-refractivity contribution is -0.137. The number of hydrogen-bond acceptors (Lipinski definition) is 2. The number of piperidine rings is 2. The van der Waals surface area contributed by atoms with E-state index in [4.69, 9.17) is 0 Å². The Bertz CT molecular complexity index is 247. The first-order valence-corrected chi connectivity index (χ1v) is 7.36. The third-order valence-electron chi connectivity index (χ3n) is 4.14. The van der Waals surface area contributed by atoms with Gasteiger partial charge in [-0.3, -0.25) is 4.79 Å². The summed E-state index contributed by atoms with van der Waals surface area (Å²) in [5.41, 5.74) is 0. The molecule has 2 rings (SSSR count). The largest absolute Gasteiger partial charge is 0.338 e. The van der Waals surface area contributed by atoms with Gasteiger partial charge in [0.1, 0.15) is 0 Å². The summed E-state index contributed by atoms with van der Waals surface area (Å²) in [5.74, 6) is 0.378. The number of nitrogens with zero attached hydrogens (tertiary/aromatic N) is 1. The van der Waals surface area contributed by atoms with E-state index in [1.807, 2.05) is 0 Å². The molecule has 98 valence electrons. The highest BCUT2D eigenvalue weighted by Gasteiger charge is 2.31. The Hall–Kier alpha value is -0.570. The van der Waals surface area contributed by atoms with Crippen molar-refractivity contribution in [2.24, 2.45) is 0 Å². The first-order chi connectivity index (χ1) is 8.33. The molecule has 0 spiro atoms. The van der Waals surface area contributed by atoms with Crippen molar-refractivity contribution in [3.63, 3.8) is 0 Å². The third kappa shape index (κ3) is 3.21. The van der Waals surface area contributed by atoms with Crippen LogP contribution in [0.5, 0.6) is 0 Å². The zero-order chi connectivity index (χ0) is 12.1. The van der Waals surface area contributed by atoms with Gasteiger partial charge in [-0.05, 0) is 45.1 Å². The summed E-state index contributed by atoms with van der Waals surface area (Å²) in [5, 5.41) is 3.39. The van der Waals surface area contributed by atoms with Crippen molar-refractivity contribution in [2.45, 2.75) is 70.4 Å². The SMILES string of the molecule is CCCC1CCCCN1C(=O)[C@H]1CCCCN1. The minimum absolute atomic E-state index is 0.112. The second kappa shape index (κ2) is 6.39. The molecule has 2 saturated heterocycles. The molecular weight excluding hydrogens is 212 g/mol. The standard InChI is InChI=1S/C14H26N2O/c1-2-7-12-8-4-6-11-16(12)14(17)13-9-3-5-10-15-13/h12-13,15H,2-11H2,1H3/t12?,13-/m1/s1. The quantitative estimate of drug-likeness (QED) is 0.818. The average molecular weight is 238 g/mol. The lowest BCUT2D eigenvalue weighted by atomic mass is 9.95. The smallest absolute Gasteiger partial charge is 0.239 e. The van der Waals surface area contributed by atoms with Crippen LogP contribution < -0.4 is 5.32 Å². The summed E-state index contributed by atoms with van der Waals surface area (Å²) in [4.78, 5) is 14.7. The van der Waals surface area contributed by atoms with Gasteiger partial charge in [-0.15, -0.1) is 0 Å². The average Bonchev–Trinajstić information content (AvgIpc) is 2.40. The van der Waals surface area contributed by atoms with E-state index in [-0.39, 0.29) is 6.04 Å². The number of carbonyl (C=O) groups excluding carboxylic acids is 1. The van der Waals surface area contributed by atoms with Crippen LogP contribution in [0.4, 0.5) is 0 Å². The molecule has 3 heteroatoms. The van der Waals surface area contributed by atoms with Crippen LogP contribution in [-0.4, -0.2) is 36.0 Å². The van der Waals surface area contributed by atoms with Crippen molar-refractivity contribution in [2.75, 3.05) is 13.1 Å². The van der Waals surface area contributed by atoms with E-state index < -0.39 is 0 Å². The fourth-order valence-corrected chi connectivity index (χ4v) is 3.19. The van der Waals surface area contributed by atoms with E-state index in [1.54, 1.807) is 0 Å². The van der Waals surface area contributed by atoms with Crippen molar-refractivity contribution >= 4 is 5.91 Å². The van der Waals surface area contributed by atoms with Crippen LogP contribution in [0.3, 0.4) is 0 Å². The van der Waals surface area contributed by atoms with E-state index in [2.05, 4.69) is 17.1 Å². The Balaban J connectivity index is 1.94. The molecule has 0 saturated carbocycles. The number of carbonyl (C=O) groups is 1. The van der Waals surface area contributed by atoms with Gasteiger partial charge in [0.25, 0.3) is 0 Å². The van der Waals surface area contributed by atoms with Crippen LogP contribution in [0.15, 0.2) is 0 Å².